The SMILES string of the molecule is CN(C)C(=O)C#Cc1cn(C2OC(COP(=O)(O)O)C(O)[C@@]2(C)O)c2ncnc(N)c12. The van der Waals surface area contributed by atoms with Gasteiger partial charge in [0.15, 0.2) is 6.23 Å². The smallest absolute Gasteiger partial charge is 0.387 e. The molecular formula is C17H22N5O8P. The Labute approximate surface area is 176 Å². The monoisotopic (exact) mass is 455 g/mol. The van der Waals surface area contributed by atoms with Crippen molar-refractivity contribution in [1.82, 2.24) is 19.4 Å². The summed E-state index contributed by atoms with van der Waals surface area (Å²) >= 11 is 0. The molecule has 3 unspecified atom stereocenters. The normalized spacial score (nSPS) is 26.0. The molecule has 2 aromatic heterocycles. The number of aliphatic hydroxyl groups excluding tert-OH is 1. The molecule has 6 N–H and O–H groups in total. The lowest BCUT2D eigenvalue weighted by Crippen LogP contribution is -2.44. The molecule has 1 aliphatic heterocycles. The number of hydrogen-bond acceptors (Lipinski definition) is 9. The number of anilines is 1. The first kappa shape index (κ1) is 23.1. The van der Waals surface area contributed by atoms with Gasteiger partial charge in [-0.25, -0.2) is 14.5 Å². The van der Waals surface area contributed by atoms with Crippen molar-refractivity contribution in [3.05, 3.63) is 18.1 Å². The largest absolute Gasteiger partial charge is 0.469 e. The van der Waals surface area contributed by atoms with E-state index in [0.717, 1.165) is 0 Å². The van der Waals surface area contributed by atoms with Crippen molar-refractivity contribution in [2.45, 2.75) is 31.0 Å². The number of ether oxygens (including phenoxy) is 1. The van der Waals surface area contributed by atoms with Crippen LogP contribution in [0.5, 0.6) is 0 Å². The fourth-order valence-electron chi connectivity index (χ4n) is 3.16. The first-order valence-electron chi connectivity index (χ1n) is 8.93. The Kier molecular flexibility index (Phi) is 6.09. The van der Waals surface area contributed by atoms with Gasteiger partial charge in [0, 0.05) is 26.2 Å². The van der Waals surface area contributed by atoms with Gasteiger partial charge in [0.2, 0.25) is 0 Å². The van der Waals surface area contributed by atoms with Crippen molar-refractivity contribution >= 4 is 30.6 Å². The van der Waals surface area contributed by atoms with Crippen molar-refractivity contribution in [3.8, 4) is 11.8 Å². The highest BCUT2D eigenvalue weighted by molar-refractivity contribution is 7.46. The molecule has 0 saturated carbocycles. The maximum atomic E-state index is 11.8. The summed E-state index contributed by atoms with van der Waals surface area (Å²) in [5, 5.41) is 21.7. The second-order valence-corrected chi connectivity index (χ2v) is 8.58. The van der Waals surface area contributed by atoms with Gasteiger partial charge in [0.1, 0.15) is 35.6 Å². The van der Waals surface area contributed by atoms with Gasteiger partial charge >= 0.3 is 7.82 Å². The summed E-state index contributed by atoms with van der Waals surface area (Å²) in [5.74, 6) is 4.77. The van der Waals surface area contributed by atoms with E-state index in [9.17, 15) is 19.6 Å². The number of phosphoric acid groups is 1. The van der Waals surface area contributed by atoms with Gasteiger partial charge in [-0.3, -0.25) is 9.32 Å². The van der Waals surface area contributed by atoms with E-state index >= 15 is 0 Å². The van der Waals surface area contributed by atoms with E-state index in [1.165, 1.54) is 28.9 Å². The minimum Gasteiger partial charge on any atom is -0.387 e. The first-order valence-corrected chi connectivity index (χ1v) is 10.5. The van der Waals surface area contributed by atoms with Crippen molar-refractivity contribution in [1.29, 1.82) is 0 Å². The van der Waals surface area contributed by atoms with E-state index in [2.05, 4.69) is 26.3 Å². The molecule has 0 aromatic carbocycles. The zero-order chi connectivity index (χ0) is 23.1. The quantitative estimate of drug-likeness (QED) is 0.268. The highest BCUT2D eigenvalue weighted by Crippen LogP contribution is 2.43. The number of aromatic nitrogens is 3. The number of nitrogens with zero attached hydrogens (tertiary/aromatic N) is 4. The molecule has 14 heteroatoms. The molecule has 13 nitrogen and oxygen atoms in total. The molecular weight excluding hydrogens is 433 g/mol. The van der Waals surface area contributed by atoms with Crippen LogP contribution < -0.4 is 5.73 Å². The number of phosphoric ester groups is 1. The first-order chi connectivity index (χ1) is 14.3. The number of aliphatic hydroxyl groups is 2. The van der Waals surface area contributed by atoms with Crippen LogP contribution in [0.1, 0.15) is 18.7 Å². The van der Waals surface area contributed by atoms with Gasteiger partial charge < -0.3 is 39.9 Å². The molecule has 4 atom stereocenters. The zero-order valence-corrected chi connectivity index (χ0v) is 17.7. The second kappa shape index (κ2) is 8.18. The van der Waals surface area contributed by atoms with Crippen LogP contribution in [0.25, 0.3) is 11.0 Å². The number of nitrogen functional groups attached to an aromatic ring is 1. The second-order valence-electron chi connectivity index (χ2n) is 7.34. The van der Waals surface area contributed by atoms with Gasteiger partial charge in [-0.05, 0) is 6.92 Å². The van der Waals surface area contributed by atoms with E-state index in [0.29, 0.717) is 5.39 Å². The van der Waals surface area contributed by atoms with E-state index in [-0.39, 0.29) is 17.0 Å². The van der Waals surface area contributed by atoms with Crippen LogP contribution in [0.2, 0.25) is 0 Å². The van der Waals surface area contributed by atoms with Crippen LogP contribution in [-0.2, 0) is 18.6 Å². The van der Waals surface area contributed by atoms with E-state index in [4.69, 9.17) is 20.3 Å². The highest BCUT2D eigenvalue weighted by atomic mass is 31.2. The van der Waals surface area contributed by atoms with Crippen LogP contribution >= 0.6 is 7.82 Å². The summed E-state index contributed by atoms with van der Waals surface area (Å²) in [6, 6.07) is 0. The molecule has 3 rings (SSSR count). The van der Waals surface area contributed by atoms with Crippen LogP contribution in [0.4, 0.5) is 5.82 Å². The molecule has 0 bridgehead atoms. The Hall–Kier alpha value is -2.56. The predicted molar refractivity (Wildman–Crippen MR) is 106 cm³/mol. The summed E-state index contributed by atoms with van der Waals surface area (Å²) in [6.07, 6.45) is -1.43. The number of carbonyl (C=O) groups excluding carboxylic acids is 1. The maximum absolute atomic E-state index is 11.8. The van der Waals surface area contributed by atoms with Crippen LogP contribution in [0.3, 0.4) is 0 Å². The number of fused-ring (bicyclic) bond motifs is 1. The number of amides is 1. The van der Waals surface area contributed by atoms with Gasteiger partial charge in [-0.15, -0.1) is 0 Å². The van der Waals surface area contributed by atoms with Gasteiger partial charge in [-0.2, -0.15) is 0 Å². The number of carbonyl (C=O) groups is 1. The summed E-state index contributed by atoms with van der Waals surface area (Å²) in [4.78, 5) is 39.0. The fraction of sp³-hybridized carbons (Fsp3) is 0.471. The van der Waals surface area contributed by atoms with E-state index in [1.807, 2.05) is 0 Å². The zero-order valence-electron chi connectivity index (χ0n) is 16.8. The van der Waals surface area contributed by atoms with E-state index in [1.54, 1.807) is 14.1 Å². The average Bonchev–Trinajstić information content (AvgIpc) is 3.14. The number of nitrogens with two attached hydrogens (primary N) is 1. The number of hydrogen-bond donors (Lipinski definition) is 5. The molecule has 168 valence electrons. The van der Waals surface area contributed by atoms with Gasteiger partial charge in [0.25, 0.3) is 5.91 Å². The summed E-state index contributed by atoms with van der Waals surface area (Å²) < 4.78 is 22.4. The van der Waals surface area contributed by atoms with Gasteiger partial charge in [-0.1, -0.05) is 5.92 Å². The minimum absolute atomic E-state index is 0.0740. The Balaban J connectivity index is 2.05. The number of rotatable bonds is 4. The molecule has 31 heavy (non-hydrogen) atoms. The molecule has 0 radical (unpaired) electrons. The molecule has 0 aliphatic carbocycles. The highest BCUT2D eigenvalue weighted by Gasteiger charge is 2.54. The lowest BCUT2D eigenvalue weighted by molar-refractivity contribution is -0.122. The summed E-state index contributed by atoms with van der Waals surface area (Å²) in [7, 11) is -1.73. The Bertz CT molecular complexity index is 1110. The topological polar surface area (TPSA) is 193 Å². The average molecular weight is 455 g/mol. The Morgan fingerprint density at radius 3 is 2.74 bits per heavy atom. The molecule has 3 heterocycles. The lowest BCUT2D eigenvalue weighted by atomic mass is 9.96. The third kappa shape index (κ3) is 4.56. The molecule has 1 amide bonds. The van der Waals surface area contributed by atoms with Crippen LogP contribution in [-0.4, -0.2) is 83.9 Å². The van der Waals surface area contributed by atoms with Crippen molar-refractivity contribution in [3.63, 3.8) is 0 Å². The predicted octanol–water partition coefficient (Wildman–Crippen LogP) is -1.43. The molecule has 1 saturated heterocycles. The van der Waals surface area contributed by atoms with Gasteiger partial charge in [0.05, 0.1) is 17.6 Å². The molecule has 0 spiro atoms. The summed E-state index contributed by atoms with van der Waals surface area (Å²) in [5.41, 5.74) is 4.56. The van der Waals surface area contributed by atoms with Crippen LogP contribution in [0.15, 0.2) is 12.5 Å². The molecule has 1 aliphatic rings. The molecule has 1 fully saturated rings. The molecule has 2 aromatic rings. The third-order valence-corrected chi connectivity index (χ3v) is 5.25. The Morgan fingerprint density at radius 2 is 2.13 bits per heavy atom. The Morgan fingerprint density at radius 1 is 1.45 bits per heavy atom. The van der Waals surface area contributed by atoms with Crippen molar-refractivity contribution in [2.75, 3.05) is 26.4 Å². The van der Waals surface area contributed by atoms with Crippen molar-refractivity contribution < 1.29 is 38.6 Å². The lowest BCUT2D eigenvalue weighted by Gasteiger charge is -2.27. The van der Waals surface area contributed by atoms with E-state index < -0.39 is 44.4 Å². The van der Waals surface area contributed by atoms with Crippen LogP contribution in [0, 0.1) is 11.8 Å². The fourth-order valence-corrected chi connectivity index (χ4v) is 3.50. The third-order valence-electron chi connectivity index (χ3n) is 4.76. The maximum Gasteiger partial charge on any atom is 0.469 e. The summed E-state index contributed by atoms with van der Waals surface area (Å²) in [6.45, 7) is 0.621. The minimum atomic E-state index is -4.82. The van der Waals surface area contributed by atoms with Crippen molar-refractivity contribution in [2.24, 2.45) is 0 Å². The standard InChI is InChI=1S/C17H22N5O8P/c1-17(25)13(24)10(7-29-31(26,27)28)30-16(17)22-6-9(4-5-11(23)21(2)3)12-14(18)19-8-20-15(12)22/h6,8,10,13,16,24-25H,7H2,1-3H3,(H2,18,19,20)(H2,26,27,28)/t10?,13?,16?,17-/m1/s1.